The second-order valence-corrected chi connectivity index (χ2v) is 6.76. The van der Waals surface area contributed by atoms with Gasteiger partial charge in [-0.1, -0.05) is 18.6 Å². The summed E-state index contributed by atoms with van der Waals surface area (Å²) in [5, 5.41) is 3.64. The molecule has 1 aromatic carbocycles. The van der Waals surface area contributed by atoms with Gasteiger partial charge in [-0.05, 0) is 55.9 Å². The first-order valence-corrected chi connectivity index (χ1v) is 8.25. The van der Waals surface area contributed by atoms with Crippen molar-refractivity contribution in [2.24, 2.45) is 0 Å². The number of nitrogen functional groups attached to an aromatic ring is 1. The third-order valence-corrected chi connectivity index (χ3v) is 5.07. The van der Waals surface area contributed by atoms with E-state index in [9.17, 15) is 4.79 Å². The van der Waals surface area contributed by atoms with Gasteiger partial charge in [-0.2, -0.15) is 0 Å². The highest BCUT2D eigenvalue weighted by atomic mass is 32.1. The summed E-state index contributed by atoms with van der Waals surface area (Å²) in [7, 11) is 0. The predicted octanol–water partition coefficient (Wildman–Crippen LogP) is 4.16. The van der Waals surface area contributed by atoms with Gasteiger partial charge in [0.25, 0.3) is 5.91 Å². The van der Waals surface area contributed by atoms with Crippen LogP contribution >= 0.6 is 11.3 Å². The van der Waals surface area contributed by atoms with Crippen LogP contribution in [0.25, 0.3) is 0 Å². The fraction of sp³-hybridized carbons (Fsp3) is 0.353. The standard InChI is InChI=1S/C17H20N2OS/c1-11-6-5-7-12(10-11)19-17(20)15-13-8-3-2-4-9-14(13)21-16(15)18/h5-7,10H,2-4,8-9,18H2,1H3,(H,19,20). The highest BCUT2D eigenvalue weighted by Crippen LogP contribution is 2.35. The molecule has 21 heavy (non-hydrogen) atoms. The fourth-order valence-corrected chi connectivity index (χ4v) is 4.09. The van der Waals surface area contributed by atoms with Crippen LogP contribution in [0.3, 0.4) is 0 Å². The lowest BCUT2D eigenvalue weighted by Crippen LogP contribution is -2.15. The van der Waals surface area contributed by atoms with E-state index < -0.39 is 0 Å². The molecule has 3 rings (SSSR count). The predicted molar refractivity (Wildman–Crippen MR) is 89.1 cm³/mol. The first-order valence-electron chi connectivity index (χ1n) is 7.43. The molecule has 0 saturated carbocycles. The summed E-state index contributed by atoms with van der Waals surface area (Å²) in [6.07, 6.45) is 5.61. The van der Waals surface area contributed by atoms with Crippen LogP contribution < -0.4 is 11.1 Å². The van der Waals surface area contributed by atoms with Gasteiger partial charge in [-0.3, -0.25) is 4.79 Å². The number of hydrogen-bond acceptors (Lipinski definition) is 3. The lowest BCUT2D eigenvalue weighted by Gasteiger charge is -2.08. The number of carbonyl (C=O) groups is 1. The quantitative estimate of drug-likeness (QED) is 0.818. The average molecular weight is 300 g/mol. The van der Waals surface area contributed by atoms with Crippen LogP contribution in [-0.2, 0) is 12.8 Å². The second-order valence-electron chi connectivity index (χ2n) is 5.63. The molecule has 0 spiro atoms. The van der Waals surface area contributed by atoms with E-state index in [2.05, 4.69) is 5.32 Å². The Balaban J connectivity index is 1.89. The van der Waals surface area contributed by atoms with E-state index in [1.165, 1.54) is 23.3 Å². The highest BCUT2D eigenvalue weighted by Gasteiger charge is 2.23. The maximum atomic E-state index is 12.6. The van der Waals surface area contributed by atoms with E-state index in [-0.39, 0.29) is 5.91 Å². The van der Waals surface area contributed by atoms with Gasteiger partial charge in [0.1, 0.15) is 0 Å². The van der Waals surface area contributed by atoms with Crippen LogP contribution in [0, 0.1) is 6.92 Å². The minimum Gasteiger partial charge on any atom is -0.390 e. The van der Waals surface area contributed by atoms with Gasteiger partial charge in [0.05, 0.1) is 10.6 Å². The maximum absolute atomic E-state index is 12.6. The van der Waals surface area contributed by atoms with E-state index >= 15 is 0 Å². The van der Waals surface area contributed by atoms with Gasteiger partial charge in [0.2, 0.25) is 0 Å². The number of rotatable bonds is 2. The van der Waals surface area contributed by atoms with E-state index in [0.717, 1.165) is 30.5 Å². The fourth-order valence-electron chi connectivity index (χ4n) is 2.93. The van der Waals surface area contributed by atoms with Crippen LogP contribution in [0.1, 0.15) is 45.6 Å². The van der Waals surface area contributed by atoms with Crippen molar-refractivity contribution >= 4 is 27.9 Å². The van der Waals surface area contributed by atoms with E-state index in [1.54, 1.807) is 11.3 Å². The Kier molecular flexibility index (Phi) is 3.97. The highest BCUT2D eigenvalue weighted by molar-refractivity contribution is 7.16. The zero-order valence-electron chi connectivity index (χ0n) is 12.2. The maximum Gasteiger partial charge on any atom is 0.258 e. The van der Waals surface area contributed by atoms with E-state index in [0.29, 0.717) is 10.6 Å². The van der Waals surface area contributed by atoms with E-state index in [1.807, 2.05) is 31.2 Å². The summed E-state index contributed by atoms with van der Waals surface area (Å²) in [6.45, 7) is 2.01. The van der Waals surface area contributed by atoms with Gasteiger partial charge >= 0.3 is 0 Å². The molecular formula is C17H20N2OS. The zero-order valence-corrected chi connectivity index (χ0v) is 13.1. The van der Waals surface area contributed by atoms with Crippen molar-refractivity contribution < 1.29 is 4.79 Å². The molecule has 110 valence electrons. The minimum atomic E-state index is -0.0718. The van der Waals surface area contributed by atoms with Gasteiger partial charge in [0.15, 0.2) is 0 Å². The summed E-state index contributed by atoms with van der Waals surface area (Å²) in [6, 6.07) is 7.84. The summed E-state index contributed by atoms with van der Waals surface area (Å²) in [4.78, 5) is 13.9. The molecule has 0 bridgehead atoms. The number of anilines is 2. The Morgan fingerprint density at radius 3 is 2.86 bits per heavy atom. The monoisotopic (exact) mass is 300 g/mol. The molecule has 0 atom stereocenters. The van der Waals surface area contributed by atoms with Crippen LogP contribution in [0.2, 0.25) is 0 Å². The minimum absolute atomic E-state index is 0.0718. The first-order chi connectivity index (χ1) is 10.1. The lowest BCUT2D eigenvalue weighted by atomic mass is 10.0. The number of carbonyl (C=O) groups excluding carboxylic acids is 1. The van der Waals surface area contributed by atoms with Gasteiger partial charge in [-0.15, -0.1) is 11.3 Å². The molecule has 1 amide bonds. The number of benzene rings is 1. The Bertz CT molecular complexity index is 675. The van der Waals surface area contributed by atoms with Gasteiger partial charge < -0.3 is 11.1 Å². The first kappa shape index (κ1) is 14.1. The average Bonchev–Trinajstić information content (AvgIpc) is 2.59. The van der Waals surface area contributed by atoms with Crippen molar-refractivity contribution in [1.29, 1.82) is 0 Å². The molecule has 0 radical (unpaired) electrons. The molecule has 1 aliphatic carbocycles. The molecule has 3 nitrogen and oxygen atoms in total. The molecule has 0 aliphatic heterocycles. The van der Waals surface area contributed by atoms with Crippen molar-refractivity contribution in [2.45, 2.75) is 39.0 Å². The Morgan fingerprint density at radius 1 is 1.24 bits per heavy atom. The van der Waals surface area contributed by atoms with Crippen LogP contribution in [0.15, 0.2) is 24.3 Å². The van der Waals surface area contributed by atoms with Crippen molar-refractivity contribution in [2.75, 3.05) is 11.1 Å². The molecule has 2 aromatic rings. The number of amides is 1. The number of thiophene rings is 1. The van der Waals surface area contributed by atoms with E-state index in [4.69, 9.17) is 5.73 Å². The molecule has 1 heterocycles. The SMILES string of the molecule is Cc1cccc(NC(=O)c2c(N)sc3c2CCCCC3)c1. The molecule has 0 fully saturated rings. The third kappa shape index (κ3) is 2.95. The summed E-state index contributed by atoms with van der Waals surface area (Å²) < 4.78 is 0. The molecule has 0 saturated heterocycles. The van der Waals surface area contributed by atoms with Crippen molar-refractivity contribution in [3.05, 3.63) is 45.8 Å². The van der Waals surface area contributed by atoms with Gasteiger partial charge in [0, 0.05) is 10.6 Å². The largest absolute Gasteiger partial charge is 0.390 e. The molecular weight excluding hydrogens is 280 g/mol. The normalized spacial score (nSPS) is 14.3. The molecule has 1 aliphatic rings. The van der Waals surface area contributed by atoms with Crippen molar-refractivity contribution in [3.63, 3.8) is 0 Å². The topological polar surface area (TPSA) is 55.1 Å². The van der Waals surface area contributed by atoms with Crippen LogP contribution in [-0.4, -0.2) is 5.91 Å². The second kappa shape index (κ2) is 5.90. The number of fused-ring (bicyclic) bond motifs is 1. The lowest BCUT2D eigenvalue weighted by molar-refractivity contribution is 0.102. The third-order valence-electron chi connectivity index (χ3n) is 3.95. The number of nitrogens with two attached hydrogens (primary N) is 1. The summed E-state index contributed by atoms with van der Waals surface area (Å²) >= 11 is 1.59. The molecule has 4 heteroatoms. The Morgan fingerprint density at radius 2 is 2.05 bits per heavy atom. The van der Waals surface area contributed by atoms with Gasteiger partial charge in [-0.25, -0.2) is 0 Å². The smallest absolute Gasteiger partial charge is 0.258 e. The number of aryl methyl sites for hydroxylation is 2. The van der Waals surface area contributed by atoms with Crippen LogP contribution in [0.4, 0.5) is 10.7 Å². The zero-order chi connectivity index (χ0) is 14.8. The molecule has 0 unspecified atom stereocenters. The van der Waals surface area contributed by atoms with Crippen LogP contribution in [0.5, 0.6) is 0 Å². The molecule has 3 N–H and O–H groups in total. The number of hydrogen-bond donors (Lipinski definition) is 2. The Hall–Kier alpha value is -1.81. The Labute approximate surface area is 129 Å². The number of nitrogens with one attached hydrogen (secondary N) is 1. The summed E-state index contributed by atoms with van der Waals surface area (Å²) in [5.41, 5.74) is 9.96. The van der Waals surface area contributed by atoms with Crippen molar-refractivity contribution in [3.8, 4) is 0 Å². The molecule has 1 aromatic heterocycles. The summed E-state index contributed by atoms with van der Waals surface area (Å²) in [5.74, 6) is -0.0718. The van der Waals surface area contributed by atoms with Crippen molar-refractivity contribution in [1.82, 2.24) is 0 Å².